The third kappa shape index (κ3) is 5.42. The van der Waals surface area contributed by atoms with E-state index in [2.05, 4.69) is 164 Å². The van der Waals surface area contributed by atoms with Gasteiger partial charge in [0.1, 0.15) is 22.3 Å². The molecule has 0 amide bonds. The van der Waals surface area contributed by atoms with E-state index in [9.17, 15) is 0 Å². The lowest BCUT2D eigenvalue weighted by molar-refractivity contribution is 0.665. The summed E-state index contributed by atoms with van der Waals surface area (Å²) in [5.41, 5.74) is 14.8. The highest BCUT2D eigenvalue weighted by molar-refractivity contribution is 7.99. The summed E-state index contributed by atoms with van der Waals surface area (Å²) >= 11 is 1.87. The topological polar surface area (TPSA) is 26.3 Å². The lowest BCUT2D eigenvalue weighted by atomic mass is 9.84. The summed E-state index contributed by atoms with van der Waals surface area (Å²) in [4.78, 5) is 2.64. The fourth-order valence-corrected chi connectivity index (χ4v) is 10.2. The van der Waals surface area contributed by atoms with Crippen LogP contribution in [0.15, 0.2) is 207 Å². The smallest absolute Gasteiger partial charge is 0.135 e. The van der Waals surface area contributed by atoms with Crippen LogP contribution in [0.1, 0.15) is 22.6 Å². The third-order valence-electron chi connectivity index (χ3n) is 11.9. The van der Waals surface area contributed by atoms with Crippen LogP contribution < -0.4 is 0 Å². The number of furan rings is 2. The lowest BCUT2D eigenvalue weighted by Crippen LogP contribution is -2.05. The van der Waals surface area contributed by atoms with Gasteiger partial charge in [0.2, 0.25) is 0 Å². The van der Waals surface area contributed by atoms with Crippen molar-refractivity contribution >= 4 is 66.4 Å². The molecule has 0 N–H and O–H groups in total. The minimum absolute atomic E-state index is 0.0738. The molecule has 2 aromatic heterocycles. The Bertz CT molecular complexity index is 3260. The molecule has 0 bridgehead atoms. The average molecular weight is 747 g/mol. The molecule has 3 heteroatoms. The molecular formula is C54H34O2S. The summed E-state index contributed by atoms with van der Waals surface area (Å²) in [5.74, 6) is 0.0738. The van der Waals surface area contributed by atoms with Crippen molar-refractivity contribution in [2.75, 3.05) is 0 Å². The van der Waals surface area contributed by atoms with E-state index in [1.807, 2.05) is 36.0 Å². The number of fused-ring (bicyclic) bond motifs is 8. The van der Waals surface area contributed by atoms with Gasteiger partial charge in [0.15, 0.2) is 0 Å². The third-order valence-corrected chi connectivity index (χ3v) is 13.0. The van der Waals surface area contributed by atoms with Crippen molar-refractivity contribution in [3.63, 3.8) is 0 Å². The highest BCUT2D eigenvalue weighted by Gasteiger charge is 2.22. The molecule has 0 aliphatic carbocycles. The van der Waals surface area contributed by atoms with Crippen LogP contribution in [0.2, 0.25) is 0 Å². The predicted molar refractivity (Wildman–Crippen MR) is 237 cm³/mol. The van der Waals surface area contributed by atoms with Gasteiger partial charge in [-0.25, -0.2) is 0 Å². The number of benzene rings is 9. The van der Waals surface area contributed by atoms with Crippen LogP contribution in [-0.4, -0.2) is 0 Å². The van der Waals surface area contributed by atoms with Crippen molar-refractivity contribution in [3.8, 4) is 33.4 Å². The monoisotopic (exact) mass is 746 g/mol. The van der Waals surface area contributed by atoms with Gasteiger partial charge in [0.05, 0.1) is 0 Å². The predicted octanol–water partition coefficient (Wildman–Crippen LogP) is 15.5. The molecule has 11 aromatic rings. The van der Waals surface area contributed by atoms with Crippen molar-refractivity contribution in [2.45, 2.75) is 22.1 Å². The molecule has 1 aliphatic heterocycles. The second-order valence-electron chi connectivity index (χ2n) is 15.2. The number of hydrogen-bond acceptors (Lipinski definition) is 3. The summed E-state index contributed by atoms with van der Waals surface area (Å²) in [6.45, 7) is 0. The zero-order valence-corrected chi connectivity index (χ0v) is 31.7. The van der Waals surface area contributed by atoms with E-state index in [1.165, 1.54) is 70.6 Å². The van der Waals surface area contributed by atoms with Crippen molar-refractivity contribution < 1.29 is 8.83 Å². The Balaban J connectivity index is 0.921. The minimum atomic E-state index is 0.0738. The van der Waals surface area contributed by atoms with E-state index in [1.54, 1.807) is 0 Å². The molecule has 0 atom stereocenters. The molecule has 57 heavy (non-hydrogen) atoms. The molecule has 0 spiro atoms. The molecule has 0 fully saturated rings. The van der Waals surface area contributed by atoms with Crippen LogP contribution >= 0.6 is 11.8 Å². The summed E-state index contributed by atoms with van der Waals surface area (Å²) in [5, 5.41) is 7.22. The maximum atomic E-state index is 6.40. The summed E-state index contributed by atoms with van der Waals surface area (Å²) in [6.07, 6.45) is 0.820. The Morgan fingerprint density at radius 3 is 1.67 bits per heavy atom. The highest BCUT2D eigenvalue weighted by Crippen LogP contribution is 2.49. The van der Waals surface area contributed by atoms with E-state index in [4.69, 9.17) is 8.83 Å². The zero-order chi connectivity index (χ0) is 37.5. The Morgan fingerprint density at radius 2 is 0.965 bits per heavy atom. The van der Waals surface area contributed by atoms with Crippen molar-refractivity contribution in [1.29, 1.82) is 0 Å². The van der Waals surface area contributed by atoms with Crippen LogP contribution in [0, 0.1) is 0 Å². The van der Waals surface area contributed by atoms with Gasteiger partial charge in [-0.2, -0.15) is 0 Å². The molecule has 0 radical (unpaired) electrons. The molecule has 2 nitrogen and oxygen atoms in total. The first kappa shape index (κ1) is 32.4. The van der Waals surface area contributed by atoms with E-state index in [0.717, 1.165) is 50.3 Å². The van der Waals surface area contributed by atoms with Crippen molar-refractivity contribution in [3.05, 3.63) is 205 Å². The molecule has 0 unspecified atom stereocenters. The fraction of sp³-hybridized carbons (Fsp3) is 0.0370. The Morgan fingerprint density at radius 1 is 0.386 bits per heavy atom. The standard InChI is InChI=1S/C54H34O2S/c1-3-18-48-41(15-1)43-24-21-39(31-50(43)55-48)46(40-22-25-44-42-16-2-4-19-49(42)56-51(44)32-40)28-33-9-5-12-35(27-33)36-13-6-14-37(29-36)38-23-26-52-47(30-38)45-17-7-10-34-11-8-20-53(57-52)54(34)45/h1-27,29-32,46H,28H2. The van der Waals surface area contributed by atoms with Gasteiger partial charge in [-0.05, 0) is 110 Å². The number of para-hydroxylation sites is 2. The first-order chi connectivity index (χ1) is 28.2. The van der Waals surface area contributed by atoms with Crippen LogP contribution in [0.25, 0.3) is 88.0 Å². The van der Waals surface area contributed by atoms with Crippen LogP contribution in [0.3, 0.4) is 0 Å². The molecule has 0 saturated carbocycles. The second-order valence-corrected chi connectivity index (χ2v) is 16.3. The van der Waals surface area contributed by atoms with E-state index >= 15 is 0 Å². The van der Waals surface area contributed by atoms with Crippen molar-refractivity contribution in [2.24, 2.45) is 0 Å². The van der Waals surface area contributed by atoms with Gasteiger partial charge >= 0.3 is 0 Å². The van der Waals surface area contributed by atoms with Crippen LogP contribution in [0.5, 0.6) is 0 Å². The van der Waals surface area contributed by atoms with Gasteiger partial charge in [-0.1, -0.05) is 151 Å². The van der Waals surface area contributed by atoms with Crippen LogP contribution in [0.4, 0.5) is 0 Å². The first-order valence-corrected chi connectivity index (χ1v) is 20.4. The lowest BCUT2D eigenvalue weighted by Gasteiger charge is -2.21. The van der Waals surface area contributed by atoms with Crippen LogP contribution in [-0.2, 0) is 6.42 Å². The summed E-state index contributed by atoms with van der Waals surface area (Å²) in [7, 11) is 0. The molecular weight excluding hydrogens is 713 g/mol. The molecule has 3 heterocycles. The molecule has 268 valence electrons. The van der Waals surface area contributed by atoms with Gasteiger partial charge < -0.3 is 8.83 Å². The second kappa shape index (κ2) is 12.9. The van der Waals surface area contributed by atoms with E-state index in [0.29, 0.717) is 0 Å². The summed E-state index contributed by atoms with van der Waals surface area (Å²) < 4.78 is 12.8. The normalized spacial score (nSPS) is 12.4. The summed E-state index contributed by atoms with van der Waals surface area (Å²) in [6, 6.07) is 68.4. The first-order valence-electron chi connectivity index (χ1n) is 19.6. The maximum Gasteiger partial charge on any atom is 0.135 e. The van der Waals surface area contributed by atoms with E-state index < -0.39 is 0 Å². The maximum absolute atomic E-state index is 6.40. The van der Waals surface area contributed by atoms with Crippen molar-refractivity contribution in [1.82, 2.24) is 0 Å². The zero-order valence-electron chi connectivity index (χ0n) is 30.9. The Labute approximate surface area is 334 Å². The Kier molecular flexibility index (Phi) is 7.33. The van der Waals surface area contributed by atoms with Gasteiger partial charge in [0.25, 0.3) is 0 Å². The largest absolute Gasteiger partial charge is 0.456 e. The van der Waals surface area contributed by atoms with Gasteiger partial charge in [-0.3, -0.25) is 0 Å². The fourth-order valence-electron chi connectivity index (χ4n) is 9.08. The minimum Gasteiger partial charge on any atom is -0.456 e. The quantitative estimate of drug-likeness (QED) is 0.169. The van der Waals surface area contributed by atoms with Gasteiger partial charge in [0, 0.05) is 42.6 Å². The molecule has 0 saturated heterocycles. The highest BCUT2D eigenvalue weighted by atomic mass is 32.2. The van der Waals surface area contributed by atoms with Gasteiger partial charge in [-0.15, -0.1) is 0 Å². The number of hydrogen-bond donors (Lipinski definition) is 0. The SMILES string of the molecule is c1cc(CC(c2ccc3c(c2)oc2ccccc23)c2ccc3c(c2)oc2ccccc23)cc(-c2cccc(-c3ccc4c(c3)-c3cccc5cccc(c35)S4)c2)c1. The number of rotatable bonds is 6. The Hall–Kier alpha value is -6.81. The molecule has 12 rings (SSSR count). The average Bonchev–Trinajstić information content (AvgIpc) is 3.83. The molecule has 9 aromatic carbocycles. The molecule has 1 aliphatic rings. The van der Waals surface area contributed by atoms with E-state index in [-0.39, 0.29) is 5.92 Å².